The van der Waals surface area contributed by atoms with Gasteiger partial charge in [-0.15, -0.1) is 0 Å². The van der Waals surface area contributed by atoms with Crippen LogP contribution in [-0.2, 0) is 5.92 Å². The van der Waals surface area contributed by atoms with Crippen LogP contribution in [0.3, 0.4) is 0 Å². The van der Waals surface area contributed by atoms with Crippen LogP contribution in [0.4, 0.5) is 8.78 Å². The van der Waals surface area contributed by atoms with Crippen molar-refractivity contribution in [3.05, 3.63) is 48.3 Å². The Kier molecular flexibility index (Phi) is 4.37. The lowest BCUT2D eigenvalue weighted by atomic mass is 10.2. The third-order valence-corrected chi connectivity index (χ3v) is 2.09. The van der Waals surface area contributed by atoms with Crippen molar-refractivity contribution in [1.82, 2.24) is 9.78 Å². The normalized spacial score (nSPS) is 10.6. The van der Waals surface area contributed by atoms with Gasteiger partial charge in [0.1, 0.15) is 5.69 Å². The Bertz CT molecular complexity index is 444. The van der Waals surface area contributed by atoms with Gasteiger partial charge < -0.3 is 0 Å². The molecule has 17 heavy (non-hydrogen) atoms. The second-order valence-corrected chi connectivity index (χ2v) is 3.35. The third kappa shape index (κ3) is 3.12. The lowest BCUT2D eigenvalue weighted by Crippen LogP contribution is -2.14. The molecule has 0 amide bonds. The minimum Gasteiger partial charge on any atom is -0.232 e. The van der Waals surface area contributed by atoms with Gasteiger partial charge in [0.05, 0.1) is 5.69 Å². The Hall–Kier alpha value is -1.71. The van der Waals surface area contributed by atoms with Crippen LogP contribution >= 0.6 is 0 Å². The van der Waals surface area contributed by atoms with Gasteiger partial charge in [-0.3, -0.25) is 0 Å². The van der Waals surface area contributed by atoms with Crippen LogP contribution in [0.1, 0.15) is 26.5 Å². The molecule has 4 heteroatoms. The maximum absolute atomic E-state index is 13.2. The van der Waals surface area contributed by atoms with Gasteiger partial charge in [-0.1, -0.05) is 32.0 Å². The molecule has 2 rings (SSSR count). The average Bonchev–Trinajstić information content (AvgIpc) is 2.81. The van der Waals surface area contributed by atoms with Crippen LogP contribution < -0.4 is 0 Å². The van der Waals surface area contributed by atoms with Crippen LogP contribution in [0, 0.1) is 0 Å². The van der Waals surface area contributed by atoms with E-state index in [1.807, 2.05) is 19.9 Å². The molecule has 0 unspecified atom stereocenters. The fraction of sp³-hybridized carbons (Fsp3) is 0.308. The smallest absolute Gasteiger partial charge is 0.232 e. The highest BCUT2D eigenvalue weighted by atomic mass is 19.3. The van der Waals surface area contributed by atoms with Crippen molar-refractivity contribution in [2.75, 3.05) is 0 Å². The molecule has 92 valence electrons. The van der Waals surface area contributed by atoms with Gasteiger partial charge in [0.25, 0.3) is 5.92 Å². The summed E-state index contributed by atoms with van der Waals surface area (Å²) in [5, 5.41) is 3.89. The first-order valence-corrected chi connectivity index (χ1v) is 5.57. The van der Waals surface area contributed by atoms with E-state index in [1.54, 1.807) is 24.3 Å². The highest BCUT2D eigenvalue weighted by molar-refractivity contribution is 5.33. The van der Waals surface area contributed by atoms with Crippen LogP contribution in [0.15, 0.2) is 42.6 Å². The molecule has 0 aliphatic heterocycles. The molecule has 2 nitrogen and oxygen atoms in total. The van der Waals surface area contributed by atoms with Crippen LogP contribution in [0.2, 0.25) is 0 Å². The summed E-state index contributed by atoms with van der Waals surface area (Å²) < 4.78 is 27.6. The number of aromatic nitrogens is 2. The van der Waals surface area contributed by atoms with Gasteiger partial charge in [0.15, 0.2) is 0 Å². The second-order valence-electron chi connectivity index (χ2n) is 3.35. The summed E-state index contributed by atoms with van der Waals surface area (Å²) in [6, 6.07) is 10.2. The zero-order chi connectivity index (χ0) is 12.9. The minimum atomic E-state index is -2.88. The average molecular weight is 238 g/mol. The highest BCUT2D eigenvalue weighted by Crippen LogP contribution is 2.28. The molecule has 1 aromatic carbocycles. The molecule has 0 fully saturated rings. The van der Waals surface area contributed by atoms with E-state index in [0.717, 1.165) is 6.92 Å². The lowest BCUT2D eigenvalue weighted by molar-refractivity contribution is 0.0102. The maximum Gasteiger partial charge on any atom is 0.287 e. The molecule has 1 aromatic heterocycles. The predicted molar refractivity (Wildman–Crippen MR) is 64.5 cm³/mol. The maximum atomic E-state index is 13.2. The molecule has 0 radical (unpaired) electrons. The fourth-order valence-electron chi connectivity index (χ4n) is 1.41. The van der Waals surface area contributed by atoms with Crippen molar-refractivity contribution in [3.63, 3.8) is 0 Å². The lowest BCUT2D eigenvalue weighted by Gasteiger charge is -2.12. The first-order valence-electron chi connectivity index (χ1n) is 5.57. The quantitative estimate of drug-likeness (QED) is 0.773. The van der Waals surface area contributed by atoms with E-state index in [4.69, 9.17) is 0 Å². The molecule has 0 aliphatic rings. The van der Waals surface area contributed by atoms with Gasteiger partial charge in [-0.25, -0.2) is 4.68 Å². The van der Waals surface area contributed by atoms with E-state index in [9.17, 15) is 8.78 Å². The van der Waals surface area contributed by atoms with E-state index >= 15 is 0 Å². The van der Waals surface area contributed by atoms with Crippen molar-refractivity contribution >= 4 is 0 Å². The summed E-state index contributed by atoms with van der Waals surface area (Å²) in [5.74, 6) is -2.88. The van der Waals surface area contributed by atoms with E-state index < -0.39 is 5.92 Å². The molecule has 1 heterocycles. The Labute approximate surface area is 99.9 Å². The molecule has 2 aromatic rings. The van der Waals surface area contributed by atoms with Crippen LogP contribution in [0.5, 0.6) is 0 Å². The van der Waals surface area contributed by atoms with E-state index in [1.165, 1.54) is 16.9 Å². The number of alkyl halides is 2. The molecule has 0 N–H and O–H groups in total. The number of halogens is 2. The highest BCUT2D eigenvalue weighted by Gasteiger charge is 2.28. The molecular formula is C13H16F2N2. The van der Waals surface area contributed by atoms with Crippen LogP contribution in [0.25, 0.3) is 5.69 Å². The number of hydrogen-bond donors (Lipinski definition) is 0. The number of para-hydroxylation sites is 1. The Morgan fingerprint density at radius 3 is 2.18 bits per heavy atom. The van der Waals surface area contributed by atoms with Crippen LogP contribution in [-0.4, -0.2) is 9.78 Å². The number of hydrogen-bond acceptors (Lipinski definition) is 1. The zero-order valence-electron chi connectivity index (χ0n) is 10.2. The Balaban J connectivity index is 0.000000686. The first-order chi connectivity index (χ1) is 8.09. The third-order valence-electron chi connectivity index (χ3n) is 2.09. The standard InChI is InChI=1S/C11H10F2N2.C2H6/c1-11(12,13)10-7-8-14-15(10)9-5-3-2-4-6-9;1-2/h2-8H,1H3;1-2H3. The van der Waals surface area contributed by atoms with E-state index in [0.29, 0.717) is 5.69 Å². The number of rotatable bonds is 2. The first kappa shape index (κ1) is 13.4. The van der Waals surface area contributed by atoms with Gasteiger partial charge in [-0.05, 0) is 18.2 Å². The zero-order valence-corrected chi connectivity index (χ0v) is 10.2. The fourth-order valence-corrected chi connectivity index (χ4v) is 1.41. The van der Waals surface area contributed by atoms with E-state index in [2.05, 4.69) is 5.10 Å². The molecule has 0 bridgehead atoms. The Morgan fingerprint density at radius 1 is 1.06 bits per heavy atom. The van der Waals surface area contributed by atoms with Gasteiger partial charge >= 0.3 is 0 Å². The summed E-state index contributed by atoms with van der Waals surface area (Å²) in [5.41, 5.74) is 0.535. The summed E-state index contributed by atoms with van der Waals surface area (Å²) in [6.07, 6.45) is 1.37. The SMILES string of the molecule is CC.CC(F)(F)c1ccnn1-c1ccccc1. The Morgan fingerprint density at radius 2 is 1.65 bits per heavy atom. The van der Waals surface area contributed by atoms with E-state index in [-0.39, 0.29) is 5.69 Å². The second kappa shape index (κ2) is 5.57. The summed E-state index contributed by atoms with van der Waals surface area (Å²) in [7, 11) is 0. The molecule has 0 aliphatic carbocycles. The minimum absolute atomic E-state index is 0.103. The van der Waals surface area contributed by atoms with Gasteiger partial charge in [-0.2, -0.15) is 13.9 Å². The van der Waals surface area contributed by atoms with Gasteiger partial charge in [0.2, 0.25) is 0 Å². The van der Waals surface area contributed by atoms with Crippen molar-refractivity contribution in [2.45, 2.75) is 26.7 Å². The molecule has 0 spiro atoms. The molecule has 0 atom stereocenters. The largest absolute Gasteiger partial charge is 0.287 e. The summed E-state index contributed by atoms with van der Waals surface area (Å²) in [6.45, 7) is 4.86. The monoisotopic (exact) mass is 238 g/mol. The summed E-state index contributed by atoms with van der Waals surface area (Å²) in [4.78, 5) is 0. The van der Waals surface area contributed by atoms with Gasteiger partial charge in [0, 0.05) is 13.1 Å². The predicted octanol–water partition coefficient (Wildman–Crippen LogP) is 4.01. The number of nitrogens with zero attached hydrogens (tertiary/aromatic N) is 2. The molecular weight excluding hydrogens is 222 g/mol. The van der Waals surface area contributed by atoms with Crippen molar-refractivity contribution in [1.29, 1.82) is 0 Å². The molecule has 0 saturated heterocycles. The topological polar surface area (TPSA) is 17.8 Å². The molecule has 0 saturated carbocycles. The summed E-state index contributed by atoms with van der Waals surface area (Å²) >= 11 is 0. The van der Waals surface area contributed by atoms with Crippen molar-refractivity contribution in [3.8, 4) is 5.69 Å². The van der Waals surface area contributed by atoms with Crippen molar-refractivity contribution in [2.24, 2.45) is 0 Å². The van der Waals surface area contributed by atoms with Crippen molar-refractivity contribution < 1.29 is 8.78 Å². The number of benzene rings is 1.